The van der Waals surface area contributed by atoms with Gasteiger partial charge in [0.2, 0.25) is 0 Å². The van der Waals surface area contributed by atoms with Gasteiger partial charge in [-0.25, -0.2) is 14.4 Å². The van der Waals surface area contributed by atoms with Gasteiger partial charge in [-0.05, 0) is 24.3 Å². The van der Waals surface area contributed by atoms with E-state index in [0.29, 0.717) is 17.5 Å². The number of oxazole rings is 1. The van der Waals surface area contributed by atoms with Crippen molar-refractivity contribution in [3.05, 3.63) is 65.0 Å². The van der Waals surface area contributed by atoms with E-state index in [1.54, 1.807) is 17.0 Å². The van der Waals surface area contributed by atoms with E-state index in [0.717, 1.165) is 10.9 Å². The van der Waals surface area contributed by atoms with Crippen LogP contribution in [0.25, 0.3) is 16.9 Å². The first kappa shape index (κ1) is 15.0. The van der Waals surface area contributed by atoms with E-state index in [2.05, 4.69) is 15.3 Å². The second kappa shape index (κ2) is 5.81. The molecule has 0 amide bonds. The number of anilines is 2. The molecule has 3 aromatic heterocycles. The molecule has 0 aliphatic carbocycles. The van der Waals surface area contributed by atoms with Gasteiger partial charge in [0.05, 0.1) is 27.4 Å². The molecule has 120 valence electrons. The lowest BCUT2D eigenvalue weighted by Crippen LogP contribution is -1.97. The number of benzene rings is 1. The molecule has 0 saturated carbocycles. The molecule has 1 aromatic carbocycles. The molecule has 0 unspecified atom stereocenters. The van der Waals surface area contributed by atoms with E-state index in [4.69, 9.17) is 27.6 Å². The summed E-state index contributed by atoms with van der Waals surface area (Å²) >= 11 is 12.2. The maximum absolute atomic E-state index is 13.3. The van der Waals surface area contributed by atoms with Gasteiger partial charge in [0.25, 0.3) is 0 Å². The van der Waals surface area contributed by atoms with Gasteiger partial charge in [-0.3, -0.25) is 4.57 Å². The Morgan fingerprint density at radius 2 is 1.88 bits per heavy atom. The Morgan fingerprint density at radius 3 is 2.58 bits per heavy atom. The van der Waals surface area contributed by atoms with Gasteiger partial charge in [0, 0.05) is 17.8 Å². The topological polar surface area (TPSA) is 55.9 Å². The number of aromatic nitrogens is 3. The lowest BCUT2D eigenvalue weighted by Gasteiger charge is -2.11. The van der Waals surface area contributed by atoms with Crippen molar-refractivity contribution in [1.82, 2.24) is 14.5 Å². The number of hydrogen-bond donors (Lipinski definition) is 1. The Balaban J connectivity index is 1.81. The van der Waals surface area contributed by atoms with Gasteiger partial charge in [0.15, 0.2) is 0 Å². The molecule has 0 spiro atoms. The number of hydrogen-bond acceptors (Lipinski definition) is 4. The minimum Gasteiger partial charge on any atom is -0.432 e. The van der Waals surface area contributed by atoms with Crippen molar-refractivity contribution in [2.24, 2.45) is 0 Å². The summed E-state index contributed by atoms with van der Waals surface area (Å²) in [7, 11) is 0. The van der Waals surface area contributed by atoms with Crippen LogP contribution in [0.3, 0.4) is 0 Å². The zero-order chi connectivity index (χ0) is 16.7. The van der Waals surface area contributed by atoms with Crippen molar-refractivity contribution in [3.8, 4) is 6.01 Å². The van der Waals surface area contributed by atoms with Crippen molar-refractivity contribution >= 4 is 45.6 Å². The van der Waals surface area contributed by atoms with Crippen LogP contribution in [0.5, 0.6) is 0 Å². The van der Waals surface area contributed by atoms with Crippen LogP contribution < -0.4 is 5.32 Å². The van der Waals surface area contributed by atoms with Crippen LogP contribution in [-0.2, 0) is 0 Å². The largest absolute Gasteiger partial charge is 0.432 e. The molecule has 0 fully saturated rings. The van der Waals surface area contributed by atoms with Gasteiger partial charge < -0.3 is 9.73 Å². The van der Waals surface area contributed by atoms with Crippen LogP contribution in [0, 0.1) is 5.82 Å². The van der Waals surface area contributed by atoms with Gasteiger partial charge >= 0.3 is 6.01 Å². The average Bonchev–Trinajstić information content (AvgIpc) is 3.19. The summed E-state index contributed by atoms with van der Waals surface area (Å²) in [4.78, 5) is 8.45. The molecule has 0 aliphatic heterocycles. The van der Waals surface area contributed by atoms with E-state index >= 15 is 0 Å². The van der Waals surface area contributed by atoms with Crippen molar-refractivity contribution in [2.75, 3.05) is 5.32 Å². The first-order chi connectivity index (χ1) is 11.6. The fourth-order valence-corrected chi connectivity index (χ4v) is 3.00. The van der Waals surface area contributed by atoms with Crippen LogP contribution in [-0.4, -0.2) is 14.5 Å². The minimum absolute atomic E-state index is 0.172. The summed E-state index contributed by atoms with van der Waals surface area (Å²) < 4.78 is 20.4. The van der Waals surface area contributed by atoms with Crippen LogP contribution >= 0.6 is 23.2 Å². The van der Waals surface area contributed by atoms with Crippen LogP contribution in [0.4, 0.5) is 15.9 Å². The molecule has 0 saturated heterocycles. The van der Waals surface area contributed by atoms with Gasteiger partial charge in [-0.1, -0.05) is 23.2 Å². The smallest absolute Gasteiger partial charge is 0.306 e. The molecule has 0 radical (unpaired) electrons. The van der Waals surface area contributed by atoms with E-state index in [9.17, 15) is 4.39 Å². The maximum atomic E-state index is 13.3. The van der Waals surface area contributed by atoms with Crippen molar-refractivity contribution < 1.29 is 8.81 Å². The first-order valence-corrected chi connectivity index (χ1v) is 7.66. The van der Waals surface area contributed by atoms with Gasteiger partial charge in [-0.15, -0.1) is 0 Å². The SMILES string of the molecule is Fc1cc(Cl)c(Nc2nccc3c2ccn3-c2ncco2)c(Cl)c1. The highest BCUT2D eigenvalue weighted by Crippen LogP contribution is 2.35. The zero-order valence-corrected chi connectivity index (χ0v) is 13.5. The number of fused-ring (bicyclic) bond motifs is 1. The lowest BCUT2D eigenvalue weighted by atomic mass is 10.2. The third-order valence-electron chi connectivity index (χ3n) is 3.49. The third-order valence-corrected chi connectivity index (χ3v) is 4.09. The zero-order valence-electron chi connectivity index (χ0n) is 12.0. The Hall–Kier alpha value is -2.57. The van der Waals surface area contributed by atoms with Crippen LogP contribution in [0.1, 0.15) is 0 Å². The summed E-state index contributed by atoms with van der Waals surface area (Å²) in [6.07, 6.45) is 6.52. The van der Waals surface area contributed by atoms with E-state index in [-0.39, 0.29) is 10.0 Å². The molecule has 1 N–H and O–H groups in total. The highest BCUT2D eigenvalue weighted by atomic mass is 35.5. The number of pyridine rings is 1. The fraction of sp³-hybridized carbons (Fsp3) is 0. The third kappa shape index (κ3) is 2.50. The standard InChI is InChI=1S/C16H9Cl2FN4O/c17-11-7-9(19)8-12(18)14(11)22-15-10-2-5-23(13(10)1-3-20-15)16-21-4-6-24-16/h1-8H,(H,20,22). The quantitative estimate of drug-likeness (QED) is 0.543. The lowest BCUT2D eigenvalue weighted by molar-refractivity contribution is 0.531. The number of nitrogens with one attached hydrogen (secondary N) is 1. The molecule has 0 aliphatic rings. The normalized spacial score (nSPS) is 11.1. The summed E-state index contributed by atoms with van der Waals surface area (Å²) in [6.45, 7) is 0. The average molecular weight is 363 g/mol. The molecular formula is C16H9Cl2FN4O. The molecule has 0 atom stereocenters. The maximum Gasteiger partial charge on any atom is 0.306 e. The molecule has 8 heteroatoms. The fourth-order valence-electron chi connectivity index (χ4n) is 2.45. The Kier molecular flexibility index (Phi) is 3.63. The highest BCUT2D eigenvalue weighted by molar-refractivity contribution is 6.39. The van der Waals surface area contributed by atoms with Crippen molar-refractivity contribution in [2.45, 2.75) is 0 Å². The predicted molar refractivity (Wildman–Crippen MR) is 90.8 cm³/mol. The van der Waals surface area contributed by atoms with Crippen LogP contribution in [0.2, 0.25) is 10.0 Å². The molecule has 0 bridgehead atoms. The van der Waals surface area contributed by atoms with Gasteiger partial charge in [0.1, 0.15) is 17.9 Å². The number of halogens is 3. The summed E-state index contributed by atoms with van der Waals surface area (Å²) in [5.74, 6) is 0.0324. The molecule has 4 rings (SSSR count). The predicted octanol–water partition coefficient (Wildman–Crippen LogP) is 5.20. The van der Waals surface area contributed by atoms with E-state index < -0.39 is 5.82 Å². The van der Waals surface area contributed by atoms with Gasteiger partial charge in [-0.2, -0.15) is 0 Å². The summed E-state index contributed by atoms with van der Waals surface area (Å²) in [5.41, 5.74) is 1.23. The number of nitrogens with zero attached hydrogens (tertiary/aromatic N) is 3. The monoisotopic (exact) mass is 362 g/mol. The molecular weight excluding hydrogens is 354 g/mol. The molecule has 4 aromatic rings. The molecule has 24 heavy (non-hydrogen) atoms. The van der Waals surface area contributed by atoms with E-state index in [1.807, 2.05) is 18.3 Å². The second-order valence-corrected chi connectivity index (χ2v) is 5.78. The van der Waals surface area contributed by atoms with Crippen molar-refractivity contribution in [1.29, 1.82) is 0 Å². The minimum atomic E-state index is -0.503. The van der Waals surface area contributed by atoms with Crippen molar-refractivity contribution in [3.63, 3.8) is 0 Å². The molecule has 5 nitrogen and oxygen atoms in total. The Morgan fingerprint density at radius 1 is 1.08 bits per heavy atom. The Labute approximate surface area is 145 Å². The summed E-state index contributed by atoms with van der Waals surface area (Å²) in [5, 5.41) is 4.22. The van der Waals surface area contributed by atoms with Crippen LogP contribution in [0.15, 0.2) is 53.5 Å². The highest BCUT2D eigenvalue weighted by Gasteiger charge is 2.14. The molecule has 3 heterocycles. The second-order valence-electron chi connectivity index (χ2n) is 4.96. The summed E-state index contributed by atoms with van der Waals surface area (Å²) in [6, 6.07) is 6.51. The number of rotatable bonds is 3. The Bertz CT molecular complexity index is 1010. The van der Waals surface area contributed by atoms with E-state index in [1.165, 1.54) is 18.4 Å². The first-order valence-electron chi connectivity index (χ1n) is 6.91.